The van der Waals surface area contributed by atoms with Crippen molar-refractivity contribution in [2.24, 2.45) is 5.92 Å². The first kappa shape index (κ1) is 10.0. The van der Waals surface area contributed by atoms with Crippen LogP contribution in [0, 0.1) is 5.92 Å². The Balaban J connectivity index is 2.66. The molecule has 2 N–H and O–H groups in total. The molecule has 4 heteroatoms. The van der Waals surface area contributed by atoms with Gasteiger partial charge in [-0.15, -0.1) is 0 Å². The van der Waals surface area contributed by atoms with Gasteiger partial charge in [0.1, 0.15) is 12.1 Å². The third kappa shape index (κ3) is 1.99. The second-order valence-corrected chi connectivity index (χ2v) is 3.60. The average molecular weight is 184 g/mol. The normalized spacial score (nSPS) is 30.7. The van der Waals surface area contributed by atoms with Gasteiger partial charge in [-0.05, 0) is 12.8 Å². The first-order valence-corrected chi connectivity index (χ1v) is 4.67. The van der Waals surface area contributed by atoms with Gasteiger partial charge in [0.05, 0.1) is 0 Å². The molecule has 1 aliphatic heterocycles. The van der Waals surface area contributed by atoms with Gasteiger partial charge in [-0.2, -0.15) is 0 Å². The molecule has 1 fully saturated rings. The first-order chi connectivity index (χ1) is 6.06. The van der Waals surface area contributed by atoms with Gasteiger partial charge < -0.3 is 10.6 Å². The number of amides is 2. The molecule has 0 aromatic rings. The van der Waals surface area contributed by atoms with E-state index < -0.39 is 6.04 Å². The van der Waals surface area contributed by atoms with E-state index in [9.17, 15) is 9.59 Å². The van der Waals surface area contributed by atoms with Crippen LogP contribution in [0.2, 0.25) is 0 Å². The van der Waals surface area contributed by atoms with E-state index in [2.05, 4.69) is 10.6 Å². The Morgan fingerprint density at radius 2 is 1.92 bits per heavy atom. The van der Waals surface area contributed by atoms with Gasteiger partial charge in [0.15, 0.2) is 0 Å². The molecule has 0 aliphatic carbocycles. The fourth-order valence-corrected chi connectivity index (χ4v) is 1.35. The third-order valence-electron chi connectivity index (χ3n) is 2.55. The van der Waals surface area contributed by atoms with Crippen molar-refractivity contribution in [1.29, 1.82) is 0 Å². The monoisotopic (exact) mass is 184 g/mol. The van der Waals surface area contributed by atoms with Crippen LogP contribution in [0.5, 0.6) is 0 Å². The zero-order valence-corrected chi connectivity index (χ0v) is 8.26. The lowest BCUT2D eigenvalue weighted by Crippen LogP contribution is -2.62. The quantitative estimate of drug-likeness (QED) is 0.636. The second kappa shape index (κ2) is 3.77. The number of carbonyl (C=O) groups excluding carboxylic acids is 2. The fourth-order valence-electron chi connectivity index (χ4n) is 1.35. The summed E-state index contributed by atoms with van der Waals surface area (Å²) >= 11 is 0. The van der Waals surface area contributed by atoms with Crippen molar-refractivity contribution in [3.8, 4) is 0 Å². The Morgan fingerprint density at radius 1 is 1.31 bits per heavy atom. The molecular formula is C9H16N2O2. The van der Waals surface area contributed by atoms with E-state index in [1.54, 1.807) is 6.92 Å². The third-order valence-corrected chi connectivity index (χ3v) is 2.55. The highest BCUT2D eigenvalue weighted by Crippen LogP contribution is 2.10. The highest BCUT2D eigenvalue weighted by atomic mass is 16.2. The van der Waals surface area contributed by atoms with Crippen molar-refractivity contribution >= 4 is 11.8 Å². The molecule has 4 nitrogen and oxygen atoms in total. The SMILES string of the molecule is CC[C@H](C)[C@@H]1NC(=O)[C@@H](C)NC1=O. The standard InChI is InChI=1S/C9H16N2O2/c1-4-5(2)7-9(13)10-6(3)8(12)11-7/h5-7H,4H2,1-3H3,(H,10,13)(H,11,12)/t5-,6+,7-/m0/s1. The van der Waals surface area contributed by atoms with Crippen molar-refractivity contribution in [2.75, 3.05) is 0 Å². The molecule has 1 aliphatic rings. The van der Waals surface area contributed by atoms with Crippen molar-refractivity contribution in [3.05, 3.63) is 0 Å². The van der Waals surface area contributed by atoms with Crippen LogP contribution < -0.4 is 10.6 Å². The van der Waals surface area contributed by atoms with Gasteiger partial charge in [-0.3, -0.25) is 9.59 Å². The van der Waals surface area contributed by atoms with Crippen LogP contribution in [0.25, 0.3) is 0 Å². The van der Waals surface area contributed by atoms with E-state index in [-0.39, 0.29) is 23.8 Å². The molecule has 74 valence electrons. The molecule has 0 saturated carbocycles. The Hall–Kier alpha value is -1.06. The lowest BCUT2D eigenvalue weighted by atomic mass is 9.96. The summed E-state index contributed by atoms with van der Waals surface area (Å²) in [5.41, 5.74) is 0. The first-order valence-electron chi connectivity index (χ1n) is 4.67. The Labute approximate surface area is 78.1 Å². The topological polar surface area (TPSA) is 58.2 Å². The zero-order valence-electron chi connectivity index (χ0n) is 8.26. The van der Waals surface area contributed by atoms with Crippen LogP contribution in [0.4, 0.5) is 0 Å². The van der Waals surface area contributed by atoms with Crippen molar-refractivity contribution < 1.29 is 9.59 Å². The number of hydrogen-bond donors (Lipinski definition) is 2. The van der Waals surface area contributed by atoms with Crippen molar-refractivity contribution in [3.63, 3.8) is 0 Å². The molecule has 3 atom stereocenters. The maximum absolute atomic E-state index is 11.4. The number of piperazine rings is 1. The highest BCUT2D eigenvalue weighted by Gasteiger charge is 2.33. The van der Waals surface area contributed by atoms with Crippen molar-refractivity contribution in [1.82, 2.24) is 10.6 Å². The van der Waals surface area contributed by atoms with Gasteiger partial charge in [0, 0.05) is 0 Å². The van der Waals surface area contributed by atoms with Crippen LogP contribution in [-0.2, 0) is 9.59 Å². The van der Waals surface area contributed by atoms with Crippen LogP contribution in [-0.4, -0.2) is 23.9 Å². The molecule has 2 amide bonds. The molecule has 0 bridgehead atoms. The summed E-state index contributed by atoms with van der Waals surface area (Å²) in [5, 5.41) is 5.36. The van der Waals surface area contributed by atoms with Crippen LogP contribution in [0.1, 0.15) is 27.2 Å². The summed E-state index contributed by atoms with van der Waals surface area (Å²) in [6.45, 7) is 5.64. The Morgan fingerprint density at radius 3 is 2.46 bits per heavy atom. The lowest BCUT2D eigenvalue weighted by molar-refractivity contribution is -0.137. The summed E-state index contributed by atoms with van der Waals surface area (Å²) in [4.78, 5) is 22.7. The second-order valence-electron chi connectivity index (χ2n) is 3.60. The Kier molecular flexibility index (Phi) is 2.90. The number of hydrogen-bond acceptors (Lipinski definition) is 2. The molecule has 0 radical (unpaired) electrons. The summed E-state index contributed by atoms with van der Waals surface area (Å²) < 4.78 is 0. The van der Waals surface area contributed by atoms with Gasteiger partial charge in [0.2, 0.25) is 11.8 Å². The van der Waals surface area contributed by atoms with E-state index in [1.165, 1.54) is 0 Å². The molecule has 13 heavy (non-hydrogen) atoms. The van der Waals surface area contributed by atoms with Crippen LogP contribution in [0.3, 0.4) is 0 Å². The minimum Gasteiger partial charge on any atom is -0.343 e. The molecule has 0 aromatic carbocycles. The van der Waals surface area contributed by atoms with E-state index in [4.69, 9.17) is 0 Å². The van der Waals surface area contributed by atoms with Crippen LogP contribution in [0.15, 0.2) is 0 Å². The molecule has 1 rings (SSSR count). The summed E-state index contributed by atoms with van der Waals surface area (Å²) in [6, 6.07) is -0.749. The van der Waals surface area contributed by atoms with Gasteiger partial charge >= 0.3 is 0 Å². The summed E-state index contributed by atoms with van der Waals surface area (Å²) in [5.74, 6) is 0.0304. The summed E-state index contributed by atoms with van der Waals surface area (Å²) in [7, 11) is 0. The average Bonchev–Trinajstić information content (AvgIpc) is 2.10. The highest BCUT2D eigenvalue weighted by molar-refractivity contribution is 5.96. The maximum atomic E-state index is 11.4. The molecular weight excluding hydrogens is 168 g/mol. The zero-order chi connectivity index (χ0) is 10.0. The number of rotatable bonds is 2. The largest absolute Gasteiger partial charge is 0.343 e. The lowest BCUT2D eigenvalue weighted by Gasteiger charge is -2.30. The van der Waals surface area contributed by atoms with E-state index in [0.29, 0.717) is 0 Å². The van der Waals surface area contributed by atoms with Gasteiger partial charge in [0.25, 0.3) is 0 Å². The van der Waals surface area contributed by atoms with E-state index in [1.807, 2.05) is 13.8 Å². The molecule has 0 aromatic heterocycles. The smallest absolute Gasteiger partial charge is 0.243 e. The van der Waals surface area contributed by atoms with Gasteiger partial charge in [-0.25, -0.2) is 0 Å². The molecule has 0 unspecified atom stereocenters. The Bertz CT molecular complexity index is 228. The fraction of sp³-hybridized carbons (Fsp3) is 0.778. The molecule has 1 saturated heterocycles. The van der Waals surface area contributed by atoms with Gasteiger partial charge in [-0.1, -0.05) is 20.3 Å². The molecule has 0 spiro atoms. The number of carbonyl (C=O) groups is 2. The predicted octanol–water partition coefficient (Wildman–Crippen LogP) is 0.0356. The minimum absolute atomic E-state index is 0.0681. The predicted molar refractivity (Wildman–Crippen MR) is 49.0 cm³/mol. The van der Waals surface area contributed by atoms with E-state index >= 15 is 0 Å². The number of nitrogens with one attached hydrogen (secondary N) is 2. The summed E-state index contributed by atoms with van der Waals surface area (Å²) in [6.07, 6.45) is 0.882. The van der Waals surface area contributed by atoms with E-state index in [0.717, 1.165) is 6.42 Å². The minimum atomic E-state index is -0.396. The maximum Gasteiger partial charge on any atom is 0.243 e. The van der Waals surface area contributed by atoms with Crippen molar-refractivity contribution in [2.45, 2.75) is 39.3 Å². The molecule has 1 heterocycles. The van der Waals surface area contributed by atoms with Crippen LogP contribution >= 0.6 is 0 Å².